The molecule has 10 nitrogen and oxygen atoms in total. The maximum atomic E-state index is 12.7. The van der Waals surface area contributed by atoms with Gasteiger partial charge in [-0.1, -0.05) is 6.07 Å². The van der Waals surface area contributed by atoms with Crippen LogP contribution in [0.5, 0.6) is 0 Å². The molecule has 2 aliphatic heterocycles. The van der Waals surface area contributed by atoms with E-state index < -0.39 is 24.3 Å². The average molecular weight is 537 g/mol. The predicted molar refractivity (Wildman–Crippen MR) is 114 cm³/mol. The first kappa shape index (κ1) is 29.3. The smallest absolute Gasteiger partial charge is 0.475 e. The Kier molecular flexibility index (Phi) is 9.36. The third-order valence-corrected chi connectivity index (χ3v) is 5.28. The molecule has 0 bridgehead atoms. The summed E-state index contributed by atoms with van der Waals surface area (Å²) in [5.41, 5.74) is 1.45. The Morgan fingerprint density at radius 2 is 1.43 bits per heavy atom. The Labute approximate surface area is 205 Å². The number of anilines is 1. The van der Waals surface area contributed by atoms with Gasteiger partial charge in [0.05, 0.1) is 17.8 Å². The summed E-state index contributed by atoms with van der Waals surface area (Å²) in [5.74, 6) is -4.56. The van der Waals surface area contributed by atoms with Crippen molar-refractivity contribution < 1.29 is 50.9 Å². The SMILES string of the molecule is Cc1ccc(N2CC[C@@H]3[C@@H]2CCN3C(=O)c2ccccn2)nn1.O=C(O)C(F)(F)F.O=C(O)C(F)(F)F. The molecule has 0 saturated carbocycles. The van der Waals surface area contributed by atoms with Crippen LogP contribution in [0.4, 0.5) is 32.2 Å². The number of aliphatic carboxylic acids is 2. The molecule has 0 spiro atoms. The van der Waals surface area contributed by atoms with E-state index in [-0.39, 0.29) is 11.9 Å². The van der Waals surface area contributed by atoms with E-state index in [9.17, 15) is 31.1 Å². The van der Waals surface area contributed by atoms with Crippen molar-refractivity contribution in [3.8, 4) is 0 Å². The number of rotatable bonds is 2. The van der Waals surface area contributed by atoms with Crippen LogP contribution in [0.1, 0.15) is 29.0 Å². The van der Waals surface area contributed by atoms with Gasteiger partial charge < -0.3 is 20.0 Å². The molecule has 0 aliphatic carbocycles. The van der Waals surface area contributed by atoms with Crippen LogP contribution in [0.2, 0.25) is 0 Å². The summed E-state index contributed by atoms with van der Waals surface area (Å²) in [6.07, 6.45) is -6.55. The third-order valence-electron chi connectivity index (χ3n) is 5.28. The van der Waals surface area contributed by atoms with Gasteiger partial charge in [0.25, 0.3) is 5.91 Å². The minimum atomic E-state index is -5.08. The van der Waals surface area contributed by atoms with Crippen LogP contribution in [0, 0.1) is 6.92 Å². The molecule has 2 aromatic heterocycles. The number of likely N-dealkylation sites (tertiary alicyclic amines) is 1. The van der Waals surface area contributed by atoms with Crippen LogP contribution in [0.25, 0.3) is 0 Å². The molecule has 0 radical (unpaired) electrons. The molecule has 37 heavy (non-hydrogen) atoms. The van der Waals surface area contributed by atoms with E-state index in [1.165, 1.54) is 0 Å². The molecular formula is C21H21F6N5O5. The zero-order chi connectivity index (χ0) is 28.0. The standard InChI is InChI=1S/C17H19N5O.2C2HF3O2/c1-12-5-6-16(20-19-12)21-10-7-15-14(21)8-11-22(15)17(23)13-4-2-3-9-18-13;2*3-2(4,5)1(6)7/h2-6,9,14-15H,7-8,10-11H2,1H3;2*(H,6,7)/t14-,15+;;/m0../s1. The number of halogens is 6. The summed E-state index contributed by atoms with van der Waals surface area (Å²) in [7, 11) is 0. The molecule has 0 aromatic carbocycles. The molecule has 2 saturated heterocycles. The lowest BCUT2D eigenvalue weighted by Crippen LogP contribution is -2.40. The van der Waals surface area contributed by atoms with Crippen molar-refractivity contribution in [3.63, 3.8) is 0 Å². The summed E-state index contributed by atoms with van der Waals surface area (Å²) in [4.78, 5) is 39.0. The van der Waals surface area contributed by atoms with Crippen LogP contribution in [0.15, 0.2) is 36.5 Å². The van der Waals surface area contributed by atoms with E-state index in [0.717, 1.165) is 37.4 Å². The van der Waals surface area contributed by atoms with E-state index in [1.807, 2.05) is 36.1 Å². The van der Waals surface area contributed by atoms with Gasteiger partial charge in [0.2, 0.25) is 0 Å². The fraction of sp³-hybridized carbons (Fsp3) is 0.429. The highest BCUT2D eigenvalue weighted by molar-refractivity contribution is 5.92. The summed E-state index contributed by atoms with van der Waals surface area (Å²) >= 11 is 0. The Hall–Kier alpha value is -3.98. The number of aryl methyl sites for hydroxylation is 1. The van der Waals surface area contributed by atoms with Crippen molar-refractivity contribution in [2.45, 2.75) is 44.2 Å². The van der Waals surface area contributed by atoms with Crippen molar-refractivity contribution in [3.05, 3.63) is 47.9 Å². The highest BCUT2D eigenvalue weighted by Crippen LogP contribution is 2.34. The van der Waals surface area contributed by atoms with Gasteiger partial charge in [-0.15, -0.1) is 5.10 Å². The molecular weight excluding hydrogens is 516 g/mol. The fourth-order valence-electron chi connectivity index (χ4n) is 3.70. The monoisotopic (exact) mass is 537 g/mol. The van der Waals surface area contributed by atoms with E-state index >= 15 is 0 Å². The van der Waals surface area contributed by atoms with Gasteiger partial charge in [-0.25, -0.2) is 9.59 Å². The molecule has 202 valence electrons. The molecule has 4 heterocycles. The maximum Gasteiger partial charge on any atom is 0.490 e. The van der Waals surface area contributed by atoms with E-state index in [0.29, 0.717) is 11.7 Å². The summed E-state index contributed by atoms with van der Waals surface area (Å²) in [5, 5.41) is 22.7. The van der Waals surface area contributed by atoms with Crippen molar-refractivity contribution in [1.82, 2.24) is 20.1 Å². The zero-order valence-corrected chi connectivity index (χ0v) is 19.1. The molecule has 0 unspecified atom stereocenters. The number of carboxylic acid groups (broad SMARTS) is 2. The van der Waals surface area contributed by atoms with Crippen LogP contribution in [0.3, 0.4) is 0 Å². The molecule has 16 heteroatoms. The van der Waals surface area contributed by atoms with Gasteiger partial charge in [-0.2, -0.15) is 31.4 Å². The van der Waals surface area contributed by atoms with Gasteiger partial charge in [-0.05, 0) is 44.0 Å². The van der Waals surface area contributed by atoms with Gasteiger partial charge in [-0.3, -0.25) is 9.78 Å². The predicted octanol–water partition coefficient (Wildman–Crippen LogP) is 2.94. The van der Waals surface area contributed by atoms with Gasteiger partial charge in [0.1, 0.15) is 5.69 Å². The molecule has 4 rings (SSSR count). The van der Waals surface area contributed by atoms with Crippen LogP contribution < -0.4 is 4.90 Å². The summed E-state index contributed by atoms with van der Waals surface area (Å²) in [6.45, 7) is 3.63. The second kappa shape index (κ2) is 11.8. The van der Waals surface area contributed by atoms with Crippen LogP contribution in [-0.4, -0.2) is 85.7 Å². The topological polar surface area (TPSA) is 137 Å². The fourth-order valence-corrected chi connectivity index (χ4v) is 3.70. The Morgan fingerprint density at radius 1 is 0.865 bits per heavy atom. The number of aromatic nitrogens is 3. The number of fused-ring (bicyclic) bond motifs is 1. The lowest BCUT2D eigenvalue weighted by atomic mass is 10.1. The summed E-state index contributed by atoms with van der Waals surface area (Å²) in [6, 6.07) is 10.1. The van der Waals surface area contributed by atoms with Gasteiger partial charge in [0.15, 0.2) is 5.82 Å². The number of carbonyl (C=O) groups excluding carboxylic acids is 1. The molecule has 2 aliphatic rings. The minimum Gasteiger partial charge on any atom is -0.475 e. The van der Waals surface area contributed by atoms with Crippen molar-refractivity contribution in [2.75, 3.05) is 18.0 Å². The van der Waals surface area contributed by atoms with E-state index in [4.69, 9.17) is 19.8 Å². The quantitative estimate of drug-likeness (QED) is 0.554. The van der Waals surface area contributed by atoms with Crippen LogP contribution >= 0.6 is 0 Å². The first-order valence-corrected chi connectivity index (χ1v) is 10.5. The van der Waals surface area contributed by atoms with Crippen molar-refractivity contribution >= 4 is 23.7 Å². The van der Waals surface area contributed by atoms with Gasteiger partial charge in [0, 0.05) is 19.3 Å². The van der Waals surface area contributed by atoms with E-state index in [2.05, 4.69) is 20.1 Å². The van der Waals surface area contributed by atoms with E-state index in [1.54, 1.807) is 12.3 Å². The molecule has 2 N–H and O–H groups in total. The number of pyridine rings is 1. The van der Waals surface area contributed by atoms with Crippen LogP contribution in [-0.2, 0) is 9.59 Å². The Morgan fingerprint density at radius 3 is 1.89 bits per heavy atom. The van der Waals surface area contributed by atoms with Crippen molar-refractivity contribution in [2.24, 2.45) is 0 Å². The molecule has 2 atom stereocenters. The molecule has 1 amide bonds. The first-order valence-electron chi connectivity index (χ1n) is 10.5. The highest BCUT2D eigenvalue weighted by Gasteiger charge is 2.45. The number of amides is 1. The Bertz CT molecular complexity index is 1060. The number of alkyl halides is 6. The largest absolute Gasteiger partial charge is 0.490 e. The average Bonchev–Trinajstić information content (AvgIpc) is 3.42. The lowest BCUT2D eigenvalue weighted by Gasteiger charge is -2.25. The third kappa shape index (κ3) is 8.01. The number of carbonyl (C=O) groups is 3. The first-order chi connectivity index (χ1) is 17.1. The number of nitrogens with zero attached hydrogens (tertiary/aromatic N) is 5. The Balaban J connectivity index is 0.000000286. The number of carboxylic acids is 2. The minimum absolute atomic E-state index is 0.0370. The normalized spacial score (nSPS) is 18.7. The van der Waals surface area contributed by atoms with Gasteiger partial charge >= 0.3 is 24.3 Å². The second-order valence-corrected chi connectivity index (χ2v) is 7.76. The maximum absolute atomic E-state index is 12.7. The number of hydrogen-bond acceptors (Lipinski definition) is 7. The second-order valence-electron chi connectivity index (χ2n) is 7.76. The highest BCUT2D eigenvalue weighted by atomic mass is 19.4. The molecule has 2 fully saturated rings. The zero-order valence-electron chi connectivity index (χ0n) is 19.1. The summed E-state index contributed by atoms with van der Waals surface area (Å²) < 4.78 is 63.5. The van der Waals surface area contributed by atoms with Crippen molar-refractivity contribution in [1.29, 1.82) is 0 Å². The molecule has 2 aromatic rings. The lowest BCUT2D eigenvalue weighted by molar-refractivity contribution is -0.193. The number of hydrogen-bond donors (Lipinski definition) is 2.